The molecule has 2 aromatic rings. The number of benzene rings is 2. The number of hydrogen-bond donors (Lipinski definition) is 0. The average Bonchev–Trinajstić information content (AvgIpc) is 2.50. The van der Waals surface area contributed by atoms with Gasteiger partial charge in [-0.05, 0) is 32.0 Å². The SMILES string of the molecule is CCOc1ccc(C)cc1C(Cl)CN(C)c1ccccc1. The Kier molecular flexibility index (Phi) is 5.51. The van der Waals surface area contributed by atoms with E-state index in [1.165, 1.54) is 5.56 Å². The maximum atomic E-state index is 6.64. The van der Waals surface area contributed by atoms with Crippen LogP contribution in [0.3, 0.4) is 0 Å². The number of halogens is 1. The first kappa shape index (κ1) is 15.7. The van der Waals surface area contributed by atoms with E-state index in [0.717, 1.165) is 23.5 Å². The highest BCUT2D eigenvalue weighted by Crippen LogP contribution is 2.32. The Balaban J connectivity index is 2.16. The van der Waals surface area contributed by atoms with Gasteiger partial charge in [0.25, 0.3) is 0 Å². The summed E-state index contributed by atoms with van der Waals surface area (Å²) < 4.78 is 5.70. The van der Waals surface area contributed by atoms with Crippen molar-refractivity contribution in [3.63, 3.8) is 0 Å². The van der Waals surface area contributed by atoms with Crippen molar-refractivity contribution in [3.8, 4) is 5.75 Å². The molecule has 0 spiro atoms. The lowest BCUT2D eigenvalue weighted by Crippen LogP contribution is -2.22. The van der Waals surface area contributed by atoms with Crippen molar-refractivity contribution in [1.29, 1.82) is 0 Å². The fraction of sp³-hybridized carbons (Fsp3) is 0.333. The van der Waals surface area contributed by atoms with Crippen molar-refractivity contribution in [3.05, 3.63) is 59.7 Å². The Labute approximate surface area is 132 Å². The highest BCUT2D eigenvalue weighted by Gasteiger charge is 2.16. The van der Waals surface area contributed by atoms with Crippen molar-refractivity contribution >= 4 is 17.3 Å². The maximum Gasteiger partial charge on any atom is 0.124 e. The summed E-state index contributed by atoms with van der Waals surface area (Å²) in [6, 6.07) is 16.4. The molecule has 2 nitrogen and oxygen atoms in total. The molecule has 112 valence electrons. The summed E-state index contributed by atoms with van der Waals surface area (Å²) in [7, 11) is 2.06. The third kappa shape index (κ3) is 4.15. The Bertz CT molecular complexity index is 571. The minimum absolute atomic E-state index is 0.114. The lowest BCUT2D eigenvalue weighted by Gasteiger charge is -2.24. The van der Waals surface area contributed by atoms with Gasteiger partial charge < -0.3 is 9.64 Å². The minimum Gasteiger partial charge on any atom is -0.494 e. The molecular formula is C18H22ClNO. The van der Waals surface area contributed by atoms with E-state index in [1.54, 1.807) is 0 Å². The van der Waals surface area contributed by atoms with Crippen LogP contribution >= 0.6 is 11.6 Å². The van der Waals surface area contributed by atoms with E-state index in [4.69, 9.17) is 16.3 Å². The van der Waals surface area contributed by atoms with Crippen LogP contribution in [0, 0.1) is 6.92 Å². The molecule has 0 saturated carbocycles. The Morgan fingerprint density at radius 3 is 2.52 bits per heavy atom. The number of hydrogen-bond acceptors (Lipinski definition) is 2. The van der Waals surface area contributed by atoms with Crippen LogP contribution in [0.4, 0.5) is 5.69 Å². The number of para-hydroxylation sites is 1. The van der Waals surface area contributed by atoms with Crippen molar-refractivity contribution in [2.24, 2.45) is 0 Å². The van der Waals surface area contributed by atoms with Crippen molar-refractivity contribution in [2.75, 3.05) is 25.1 Å². The van der Waals surface area contributed by atoms with Crippen LogP contribution in [-0.4, -0.2) is 20.2 Å². The van der Waals surface area contributed by atoms with Gasteiger partial charge in [-0.25, -0.2) is 0 Å². The smallest absolute Gasteiger partial charge is 0.124 e. The zero-order chi connectivity index (χ0) is 15.2. The van der Waals surface area contributed by atoms with Gasteiger partial charge in [0.05, 0.1) is 12.0 Å². The van der Waals surface area contributed by atoms with Gasteiger partial charge in [0.1, 0.15) is 5.75 Å². The molecule has 0 aliphatic rings. The first-order chi connectivity index (χ1) is 10.1. The fourth-order valence-corrected chi connectivity index (χ4v) is 2.70. The zero-order valence-electron chi connectivity index (χ0n) is 12.8. The second kappa shape index (κ2) is 7.37. The van der Waals surface area contributed by atoms with E-state index < -0.39 is 0 Å². The second-order valence-electron chi connectivity index (χ2n) is 5.16. The van der Waals surface area contributed by atoms with Crippen molar-refractivity contribution in [2.45, 2.75) is 19.2 Å². The number of ether oxygens (including phenoxy) is 1. The Hall–Kier alpha value is -1.67. The van der Waals surface area contributed by atoms with Crippen LogP contribution in [0.2, 0.25) is 0 Å². The summed E-state index contributed by atoms with van der Waals surface area (Å²) in [5.74, 6) is 0.879. The lowest BCUT2D eigenvalue weighted by molar-refractivity contribution is 0.336. The van der Waals surface area contributed by atoms with E-state index in [9.17, 15) is 0 Å². The molecule has 0 aromatic heterocycles. The number of anilines is 1. The topological polar surface area (TPSA) is 12.5 Å². The second-order valence-corrected chi connectivity index (χ2v) is 5.68. The molecular weight excluding hydrogens is 282 g/mol. The fourth-order valence-electron chi connectivity index (χ4n) is 2.33. The molecule has 21 heavy (non-hydrogen) atoms. The largest absolute Gasteiger partial charge is 0.494 e. The average molecular weight is 304 g/mol. The van der Waals surface area contributed by atoms with Gasteiger partial charge in [0, 0.05) is 24.8 Å². The molecule has 0 bridgehead atoms. The summed E-state index contributed by atoms with van der Waals surface area (Å²) in [5.41, 5.74) is 3.41. The quantitative estimate of drug-likeness (QED) is 0.710. The molecule has 0 amide bonds. The summed E-state index contributed by atoms with van der Waals surface area (Å²) in [6.45, 7) is 5.44. The predicted octanol–water partition coefficient (Wildman–Crippen LogP) is 4.81. The molecule has 0 fully saturated rings. The Morgan fingerprint density at radius 2 is 1.86 bits per heavy atom. The van der Waals surface area contributed by atoms with Gasteiger partial charge in [-0.15, -0.1) is 11.6 Å². The lowest BCUT2D eigenvalue weighted by atomic mass is 10.1. The third-order valence-corrected chi connectivity index (χ3v) is 3.81. The number of alkyl halides is 1. The highest BCUT2D eigenvalue weighted by atomic mass is 35.5. The van der Waals surface area contributed by atoms with E-state index >= 15 is 0 Å². The molecule has 2 rings (SSSR count). The maximum absolute atomic E-state index is 6.64. The highest BCUT2D eigenvalue weighted by molar-refractivity contribution is 6.21. The van der Waals surface area contributed by atoms with E-state index in [0.29, 0.717) is 6.61 Å². The van der Waals surface area contributed by atoms with Crippen molar-refractivity contribution in [1.82, 2.24) is 0 Å². The van der Waals surface area contributed by atoms with Crippen LogP contribution in [0.25, 0.3) is 0 Å². The van der Waals surface area contributed by atoms with Crippen LogP contribution in [-0.2, 0) is 0 Å². The van der Waals surface area contributed by atoms with Crippen LogP contribution in [0.5, 0.6) is 5.75 Å². The van der Waals surface area contributed by atoms with Gasteiger partial charge in [0.15, 0.2) is 0 Å². The third-order valence-electron chi connectivity index (χ3n) is 3.43. The van der Waals surface area contributed by atoms with Gasteiger partial charge >= 0.3 is 0 Å². The van der Waals surface area contributed by atoms with Crippen LogP contribution in [0.15, 0.2) is 48.5 Å². The monoisotopic (exact) mass is 303 g/mol. The number of rotatable bonds is 6. The summed E-state index contributed by atoms with van der Waals surface area (Å²) in [5, 5.41) is -0.114. The molecule has 0 aliphatic carbocycles. The number of nitrogens with zero attached hydrogens (tertiary/aromatic N) is 1. The van der Waals surface area contributed by atoms with Gasteiger partial charge in [-0.3, -0.25) is 0 Å². The predicted molar refractivity (Wildman–Crippen MR) is 90.7 cm³/mol. The van der Waals surface area contributed by atoms with E-state index in [-0.39, 0.29) is 5.38 Å². The van der Waals surface area contributed by atoms with E-state index in [1.807, 2.05) is 31.2 Å². The molecule has 0 aliphatic heterocycles. The molecule has 3 heteroatoms. The van der Waals surface area contributed by atoms with Gasteiger partial charge in [-0.1, -0.05) is 35.9 Å². The van der Waals surface area contributed by atoms with Gasteiger partial charge in [0.2, 0.25) is 0 Å². The first-order valence-electron chi connectivity index (χ1n) is 7.25. The molecule has 0 saturated heterocycles. The summed E-state index contributed by atoms with van der Waals surface area (Å²) >= 11 is 6.64. The molecule has 0 heterocycles. The van der Waals surface area contributed by atoms with Crippen LogP contribution in [0.1, 0.15) is 23.4 Å². The number of aryl methyl sites for hydroxylation is 1. The summed E-state index contributed by atoms with van der Waals surface area (Å²) in [4.78, 5) is 2.16. The van der Waals surface area contributed by atoms with E-state index in [2.05, 4.69) is 43.1 Å². The number of likely N-dealkylation sites (N-methyl/N-ethyl adjacent to an activating group) is 1. The molecule has 1 unspecified atom stereocenters. The Morgan fingerprint density at radius 1 is 1.14 bits per heavy atom. The van der Waals surface area contributed by atoms with Crippen molar-refractivity contribution < 1.29 is 4.74 Å². The normalized spacial score (nSPS) is 12.0. The molecule has 1 atom stereocenters. The molecule has 0 radical (unpaired) electrons. The summed E-state index contributed by atoms with van der Waals surface area (Å²) in [6.07, 6.45) is 0. The molecule has 0 N–H and O–H groups in total. The molecule has 2 aromatic carbocycles. The zero-order valence-corrected chi connectivity index (χ0v) is 13.6. The van der Waals surface area contributed by atoms with Crippen LogP contribution < -0.4 is 9.64 Å². The first-order valence-corrected chi connectivity index (χ1v) is 7.69. The van der Waals surface area contributed by atoms with Gasteiger partial charge in [-0.2, -0.15) is 0 Å². The minimum atomic E-state index is -0.114. The standard InChI is InChI=1S/C18H22ClNO/c1-4-21-18-11-10-14(2)12-16(18)17(19)13-20(3)15-8-6-5-7-9-15/h5-12,17H,4,13H2,1-3H3.